The number of aromatic nitrogens is 1. The van der Waals surface area contributed by atoms with E-state index in [0.29, 0.717) is 32.2 Å². The predicted molar refractivity (Wildman–Crippen MR) is 166 cm³/mol. The SMILES string of the molecule is CCC(C)C(N)C(=O)NC(Cc1c[nH]c2ccccc12)C(=O)NC(CCCCN)C(=O)NC(CCCN=C(N)N)C(=O)O. The molecular weight excluding hydrogens is 554 g/mol. The van der Waals surface area contributed by atoms with Gasteiger partial charge in [0.25, 0.3) is 0 Å². The number of nitrogens with one attached hydrogen (secondary N) is 4. The standard InChI is InChI=1S/C29H47N9O5/c1-3-17(2)24(31)27(41)38-23(15-18-16-35-20-10-5-4-9-19(18)20)26(40)36-21(11-6-7-13-30)25(39)37-22(28(42)43)12-8-14-34-29(32)33/h4-5,9-10,16-17,21-24,35H,3,6-8,11-15,30-31H2,1-2H3,(H,36,40)(H,37,39)(H,38,41)(H,42,43)(H4,32,33,34). The van der Waals surface area contributed by atoms with Crippen molar-refractivity contribution in [2.75, 3.05) is 13.1 Å². The Morgan fingerprint density at radius 3 is 2.21 bits per heavy atom. The number of carboxylic acids is 1. The molecule has 1 aromatic heterocycles. The fourth-order valence-corrected chi connectivity index (χ4v) is 4.58. The molecule has 14 nitrogen and oxygen atoms in total. The topological polar surface area (TPSA) is 257 Å². The Balaban J connectivity index is 2.27. The van der Waals surface area contributed by atoms with Gasteiger partial charge in [-0.15, -0.1) is 0 Å². The third-order valence-corrected chi connectivity index (χ3v) is 7.43. The van der Waals surface area contributed by atoms with Gasteiger partial charge < -0.3 is 49.0 Å². The monoisotopic (exact) mass is 601 g/mol. The number of hydrogen-bond donors (Lipinski definition) is 9. The van der Waals surface area contributed by atoms with Gasteiger partial charge in [0.2, 0.25) is 17.7 Å². The Labute approximate surface area is 251 Å². The number of guanidine groups is 1. The molecule has 14 heteroatoms. The van der Waals surface area contributed by atoms with E-state index in [-0.39, 0.29) is 37.7 Å². The number of aromatic amines is 1. The van der Waals surface area contributed by atoms with Crippen LogP contribution in [0.2, 0.25) is 0 Å². The highest BCUT2D eigenvalue weighted by atomic mass is 16.4. The Morgan fingerprint density at radius 2 is 1.56 bits per heavy atom. The van der Waals surface area contributed by atoms with Crippen LogP contribution in [0.1, 0.15) is 57.9 Å². The number of hydrogen-bond acceptors (Lipinski definition) is 7. The number of aliphatic imine (C=N–C) groups is 1. The molecule has 13 N–H and O–H groups in total. The van der Waals surface area contributed by atoms with Crippen molar-refractivity contribution in [2.24, 2.45) is 33.8 Å². The van der Waals surface area contributed by atoms with Crippen LogP contribution in [-0.4, -0.2) is 77.0 Å². The molecule has 43 heavy (non-hydrogen) atoms. The summed E-state index contributed by atoms with van der Waals surface area (Å²) in [5, 5.41) is 18.6. The lowest BCUT2D eigenvalue weighted by atomic mass is 9.98. The summed E-state index contributed by atoms with van der Waals surface area (Å²) >= 11 is 0. The lowest BCUT2D eigenvalue weighted by Crippen LogP contribution is -2.58. The zero-order chi connectivity index (χ0) is 31.9. The third kappa shape index (κ3) is 11.2. The third-order valence-electron chi connectivity index (χ3n) is 7.43. The maximum absolute atomic E-state index is 13.7. The van der Waals surface area contributed by atoms with E-state index in [0.717, 1.165) is 16.5 Å². The molecule has 0 spiro atoms. The highest BCUT2D eigenvalue weighted by Crippen LogP contribution is 2.19. The summed E-state index contributed by atoms with van der Waals surface area (Å²) in [6.45, 7) is 4.36. The second-order valence-corrected chi connectivity index (χ2v) is 10.7. The van der Waals surface area contributed by atoms with Gasteiger partial charge in [0.15, 0.2) is 5.96 Å². The van der Waals surface area contributed by atoms with Crippen molar-refractivity contribution in [3.63, 3.8) is 0 Å². The van der Waals surface area contributed by atoms with E-state index >= 15 is 0 Å². The van der Waals surface area contributed by atoms with E-state index in [4.69, 9.17) is 22.9 Å². The minimum atomic E-state index is -1.23. The van der Waals surface area contributed by atoms with Crippen molar-refractivity contribution in [3.05, 3.63) is 36.0 Å². The molecule has 0 aliphatic rings. The van der Waals surface area contributed by atoms with Gasteiger partial charge in [0.1, 0.15) is 18.1 Å². The smallest absolute Gasteiger partial charge is 0.326 e. The van der Waals surface area contributed by atoms with Crippen LogP contribution in [0.3, 0.4) is 0 Å². The molecule has 0 bridgehead atoms. The van der Waals surface area contributed by atoms with Gasteiger partial charge in [0.05, 0.1) is 6.04 Å². The number of nitrogens with two attached hydrogens (primary N) is 4. The fourth-order valence-electron chi connectivity index (χ4n) is 4.58. The normalized spacial score (nSPS) is 14.6. The number of fused-ring (bicyclic) bond motifs is 1. The van der Waals surface area contributed by atoms with Crippen LogP contribution in [-0.2, 0) is 25.6 Å². The molecular formula is C29H47N9O5. The molecule has 0 aliphatic carbocycles. The van der Waals surface area contributed by atoms with Crippen molar-refractivity contribution >= 4 is 40.6 Å². The van der Waals surface area contributed by atoms with Gasteiger partial charge in [0, 0.05) is 30.1 Å². The molecule has 0 saturated carbocycles. The van der Waals surface area contributed by atoms with Crippen molar-refractivity contribution in [3.8, 4) is 0 Å². The van der Waals surface area contributed by atoms with Gasteiger partial charge in [-0.05, 0) is 56.2 Å². The first-order chi connectivity index (χ1) is 20.5. The van der Waals surface area contributed by atoms with E-state index in [1.165, 1.54) is 0 Å². The summed E-state index contributed by atoms with van der Waals surface area (Å²) in [6, 6.07) is 3.40. The second kappa shape index (κ2) is 17.7. The number of unbranched alkanes of at least 4 members (excludes halogenated alkanes) is 1. The lowest BCUT2D eigenvalue weighted by molar-refractivity contribution is -0.142. The van der Waals surface area contributed by atoms with Crippen LogP contribution in [0.4, 0.5) is 0 Å². The van der Waals surface area contributed by atoms with E-state index in [9.17, 15) is 24.3 Å². The van der Waals surface area contributed by atoms with Crippen LogP contribution in [0.5, 0.6) is 0 Å². The number of carbonyl (C=O) groups is 4. The first kappa shape index (κ1) is 35.0. The zero-order valence-electron chi connectivity index (χ0n) is 25.0. The molecule has 3 amide bonds. The molecule has 5 atom stereocenters. The van der Waals surface area contributed by atoms with Crippen LogP contribution in [0.15, 0.2) is 35.5 Å². The average Bonchev–Trinajstić information content (AvgIpc) is 3.39. The first-order valence-corrected chi connectivity index (χ1v) is 14.7. The largest absolute Gasteiger partial charge is 0.480 e. The van der Waals surface area contributed by atoms with Gasteiger partial charge >= 0.3 is 5.97 Å². The Hall–Kier alpha value is -4.17. The van der Waals surface area contributed by atoms with Crippen LogP contribution in [0, 0.1) is 5.92 Å². The summed E-state index contributed by atoms with van der Waals surface area (Å²) < 4.78 is 0. The molecule has 1 aromatic carbocycles. The van der Waals surface area contributed by atoms with E-state index < -0.39 is 47.9 Å². The van der Waals surface area contributed by atoms with Crippen LogP contribution in [0.25, 0.3) is 10.9 Å². The molecule has 5 unspecified atom stereocenters. The number of para-hydroxylation sites is 1. The number of aliphatic carboxylic acids is 1. The van der Waals surface area contributed by atoms with Crippen LogP contribution >= 0.6 is 0 Å². The molecule has 0 radical (unpaired) electrons. The maximum Gasteiger partial charge on any atom is 0.326 e. The minimum absolute atomic E-state index is 0.0774. The fraction of sp³-hybridized carbons (Fsp3) is 0.552. The number of nitrogens with zero attached hydrogens (tertiary/aromatic N) is 1. The summed E-state index contributed by atoms with van der Waals surface area (Å²) in [6.07, 6.45) is 4.30. The van der Waals surface area contributed by atoms with E-state index in [1.54, 1.807) is 6.20 Å². The lowest BCUT2D eigenvalue weighted by Gasteiger charge is -2.26. The molecule has 2 rings (SSSR count). The number of carbonyl (C=O) groups excluding carboxylic acids is 3. The van der Waals surface area contributed by atoms with Crippen molar-refractivity contribution in [1.82, 2.24) is 20.9 Å². The highest BCUT2D eigenvalue weighted by Gasteiger charge is 2.31. The molecule has 1 heterocycles. The number of rotatable bonds is 19. The Morgan fingerprint density at radius 1 is 0.930 bits per heavy atom. The van der Waals surface area contributed by atoms with Crippen LogP contribution < -0.4 is 38.9 Å². The molecule has 238 valence electrons. The highest BCUT2D eigenvalue weighted by molar-refractivity contribution is 5.95. The number of carboxylic acid groups (broad SMARTS) is 1. The van der Waals surface area contributed by atoms with Gasteiger partial charge in [-0.1, -0.05) is 38.5 Å². The molecule has 0 fully saturated rings. The van der Waals surface area contributed by atoms with Gasteiger partial charge in [-0.2, -0.15) is 0 Å². The second-order valence-electron chi connectivity index (χ2n) is 10.7. The molecule has 2 aromatic rings. The van der Waals surface area contributed by atoms with Gasteiger partial charge in [-0.3, -0.25) is 19.4 Å². The summed E-state index contributed by atoms with van der Waals surface area (Å²) in [7, 11) is 0. The van der Waals surface area contributed by atoms with Crippen molar-refractivity contribution in [1.29, 1.82) is 0 Å². The van der Waals surface area contributed by atoms with Crippen molar-refractivity contribution < 1.29 is 24.3 Å². The predicted octanol–water partition coefficient (Wildman–Crippen LogP) is -0.195. The van der Waals surface area contributed by atoms with E-state index in [1.807, 2.05) is 38.1 Å². The van der Waals surface area contributed by atoms with Crippen molar-refractivity contribution in [2.45, 2.75) is 83.0 Å². The number of H-pyrrole nitrogens is 1. The van der Waals surface area contributed by atoms with E-state index in [2.05, 4.69) is 25.9 Å². The maximum atomic E-state index is 13.7. The molecule has 0 saturated heterocycles. The van der Waals surface area contributed by atoms with Gasteiger partial charge in [-0.25, -0.2) is 4.79 Å². The molecule has 0 aliphatic heterocycles. The summed E-state index contributed by atoms with van der Waals surface area (Å²) in [4.78, 5) is 58.9. The quantitative estimate of drug-likeness (QED) is 0.0586. The Bertz CT molecular complexity index is 1240. The minimum Gasteiger partial charge on any atom is -0.480 e. The number of benzene rings is 1. The summed E-state index contributed by atoms with van der Waals surface area (Å²) in [5.41, 5.74) is 24.1. The average molecular weight is 602 g/mol. The summed E-state index contributed by atoms with van der Waals surface area (Å²) in [5.74, 6) is -3.20. The number of amides is 3. The zero-order valence-corrected chi connectivity index (χ0v) is 25.0. The Kier molecular flexibility index (Phi) is 14.4. The first-order valence-electron chi connectivity index (χ1n) is 14.7.